The van der Waals surface area contributed by atoms with Crippen LogP contribution in [0.4, 0.5) is 0 Å². The minimum atomic E-state index is -0.842. The van der Waals surface area contributed by atoms with Crippen LogP contribution in [0.25, 0.3) is 0 Å². The molecule has 3 N–H and O–H groups in total. The Balaban J connectivity index is 3.46. The molecule has 0 heterocycles. The molecule has 366 valence electrons. The molecule has 2 atom stereocenters. The van der Waals surface area contributed by atoms with Crippen molar-refractivity contribution in [1.82, 2.24) is 5.32 Å². The van der Waals surface area contributed by atoms with Gasteiger partial charge in [-0.15, -0.1) is 0 Å². The summed E-state index contributed by atoms with van der Waals surface area (Å²) in [5.41, 5.74) is 0. The van der Waals surface area contributed by atoms with E-state index in [1.54, 1.807) is 6.08 Å². The van der Waals surface area contributed by atoms with Crippen molar-refractivity contribution in [3.05, 3.63) is 36.5 Å². The fourth-order valence-corrected chi connectivity index (χ4v) is 8.80. The number of hydrogen-bond acceptors (Lipinski definition) is 3. The highest BCUT2D eigenvalue weighted by Crippen LogP contribution is 2.17. The molecule has 0 saturated carbocycles. The van der Waals surface area contributed by atoms with E-state index in [-0.39, 0.29) is 12.5 Å². The van der Waals surface area contributed by atoms with E-state index in [1.165, 1.54) is 257 Å². The summed E-state index contributed by atoms with van der Waals surface area (Å²) in [6.45, 7) is 4.31. The number of carbonyl (C=O) groups is 1. The first kappa shape index (κ1) is 60.6. The molecule has 0 bridgehead atoms. The Kier molecular flexibility index (Phi) is 52.7. The highest BCUT2D eigenvalue weighted by Gasteiger charge is 2.18. The van der Waals surface area contributed by atoms with Gasteiger partial charge in [0.2, 0.25) is 5.91 Å². The predicted molar refractivity (Wildman–Crippen MR) is 276 cm³/mol. The number of allylic oxidation sites excluding steroid dienone is 5. The van der Waals surface area contributed by atoms with E-state index in [1.807, 2.05) is 6.08 Å². The lowest BCUT2D eigenvalue weighted by atomic mass is 10.0. The summed E-state index contributed by atoms with van der Waals surface area (Å²) in [6, 6.07) is -0.625. The lowest BCUT2D eigenvalue weighted by Crippen LogP contribution is -2.45. The topological polar surface area (TPSA) is 69.6 Å². The Bertz CT molecular complexity index is 943. The molecule has 0 aliphatic heterocycles. The maximum atomic E-state index is 12.4. The van der Waals surface area contributed by atoms with Crippen LogP contribution in [0, 0.1) is 0 Å². The molecule has 0 aromatic rings. The summed E-state index contributed by atoms with van der Waals surface area (Å²) in [6.07, 6.45) is 73.1. The third kappa shape index (κ3) is 49.6. The molecule has 1 amide bonds. The van der Waals surface area contributed by atoms with E-state index >= 15 is 0 Å². The van der Waals surface area contributed by atoms with E-state index in [4.69, 9.17) is 0 Å². The van der Waals surface area contributed by atoms with Gasteiger partial charge in [0.15, 0.2) is 0 Å². The number of nitrogens with one attached hydrogen (secondary N) is 1. The monoisotopic (exact) mass is 870 g/mol. The maximum absolute atomic E-state index is 12.4. The Labute approximate surface area is 389 Å². The van der Waals surface area contributed by atoms with E-state index < -0.39 is 12.1 Å². The van der Waals surface area contributed by atoms with Crippen molar-refractivity contribution < 1.29 is 15.0 Å². The Morgan fingerprint density at radius 2 is 0.661 bits per heavy atom. The van der Waals surface area contributed by atoms with Gasteiger partial charge in [0, 0.05) is 6.42 Å². The highest BCUT2D eigenvalue weighted by atomic mass is 16.3. The molecule has 0 aromatic carbocycles. The van der Waals surface area contributed by atoms with Crippen molar-refractivity contribution in [2.75, 3.05) is 6.61 Å². The summed E-state index contributed by atoms with van der Waals surface area (Å²) in [7, 11) is 0. The van der Waals surface area contributed by atoms with Crippen LogP contribution in [-0.2, 0) is 4.79 Å². The van der Waals surface area contributed by atoms with Crippen LogP contribution < -0.4 is 5.32 Å². The maximum Gasteiger partial charge on any atom is 0.220 e. The zero-order chi connectivity index (χ0) is 44.9. The van der Waals surface area contributed by atoms with Gasteiger partial charge in [-0.05, 0) is 51.4 Å². The second kappa shape index (κ2) is 53.9. The molecule has 62 heavy (non-hydrogen) atoms. The lowest BCUT2D eigenvalue weighted by molar-refractivity contribution is -0.123. The molecule has 2 unspecified atom stereocenters. The molecule has 4 nitrogen and oxygen atoms in total. The van der Waals surface area contributed by atoms with Crippen LogP contribution in [0.1, 0.15) is 309 Å². The minimum Gasteiger partial charge on any atom is -0.394 e. The molecule has 0 aliphatic rings. The molecular formula is C58H111NO3. The number of aliphatic hydroxyl groups is 2. The van der Waals surface area contributed by atoms with Gasteiger partial charge in [0.05, 0.1) is 18.8 Å². The molecule has 0 radical (unpaired) electrons. The largest absolute Gasteiger partial charge is 0.394 e. The zero-order valence-electron chi connectivity index (χ0n) is 42.2. The predicted octanol–water partition coefficient (Wildman–Crippen LogP) is 18.5. The smallest absolute Gasteiger partial charge is 0.220 e. The van der Waals surface area contributed by atoms with E-state index in [0.29, 0.717) is 6.42 Å². The van der Waals surface area contributed by atoms with Gasteiger partial charge >= 0.3 is 0 Å². The van der Waals surface area contributed by atoms with Crippen molar-refractivity contribution in [2.45, 2.75) is 321 Å². The molecule has 4 heteroatoms. The first-order valence-electron chi connectivity index (χ1n) is 28.2. The first-order valence-corrected chi connectivity index (χ1v) is 28.2. The Morgan fingerprint density at radius 1 is 0.387 bits per heavy atom. The fraction of sp³-hybridized carbons (Fsp3) is 0.879. The van der Waals surface area contributed by atoms with Crippen molar-refractivity contribution in [1.29, 1.82) is 0 Å². The summed E-state index contributed by atoms with van der Waals surface area (Å²) < 4.78 is 0. The Morgan fingerprint density at radius 3 is 1.00 bits per heavy atom. The third-order valence-electron chi connectivity index (χ3n) is 13.1. The normalized spacial score (nSPS) is 13.0. The van der Waals surface area contributed by atoms with Crippen molar-refractivity contribution in [3.63, 3.8) is 0 Å². The number of rotatable bonds is 52. The Hall–Kier alpha value is -1.39. The molecular weight excluding hydrogens is 759 g/mol. The third-order valence-corrected chi connectivity index (χ3v) is 13.1. The zero-order valence-corrected chi connectivity index (χ0v) is 42.2. The average molecular weight is 871 g/mol. The van der Waals surface area contributed by atoms with Gasteiger partial charge in [0.1, 0.15) is 0 Å². The number of amides is 1. The van der Waals surface area contributed by atoms with Crippen molar-refractivity contribution in [2.24, 2.45) is 0 Å². The fourth-order valence-electron chi connectivity index (χ4n) is 8.80. The van der Waals surface area contributed by atoms with Crippen LogP contribution in [-0.4, -0.2) is 34.9 Å². The van der Waals surface area contributed by atoms with Crippen LogP contribution >= 0.6 is 0 Å². The summed E-state index contributed by atoms with van der Waals surface area (Å²) in [5.74, 6) is -0.0653. The van der Waals surface area contributed by atoms with Crippen LogP contribution in [0.2, 0.25) is 0 Å². The van der Waals surface area contributed by atoms with E-state index in [9.17, 15) is 15.0 Å². The first-order chi connectivity index (χ1) is 30.7. The van der Waals surface area contributed by atoms with E-state index in [0.717, 1.165) is 32.1 Å². The summed E-state index contributed by atoms with van der Waals surface area (Å²) >= 11 is 0. The number of aliphatic hydroxyl groups excluding tert-OH is 2. The quantitative estimate of drug-likeness (QED) is 0.0421. The van der Waals surface area contributed by atoms with Gasteiger partial charge in [-0.25, -0.2) is 0 Å². The van der Waals surface area contributed by atoms with Gasteiger partial charge in [-0.3, -0.25) is 4.79 Å². The molecule has 0 spiro atoms. The van der Waals surface area contributed by atoms with E-state index in [2.05, 4.69) is 43.5 Å². The lowest BCUT2D eigenvalue weighted by Gasteiger charge is -2.20. The minimum absolute atomic E-state index is 0.0653. The van der Waals surface area contributed by atoms with Gasteiger partial charge in [-0.2, -0.15) is 0 Å². The standard InChI is InChI=1S/C58H111NO3/c1-3-5-7-9-11-13-15-17-19-21-23-24-25-26-27-28-29-30-31-32-33-34-36-37-39-41-43-45-47-49-51-53-57(61)56(55-60)59-58(62)54-52-50-48-46-44-42-40-38-35-22-20-18-16-14-12-10-8-6-4-2/h12,14,18,20,51,53,56-57,60-61H,3-11,13,15-17,19,21-50,52,54-55H2,1-2H3,(H,59,62)/b14-12-,20-18-,53-51+. The van der Waals surface area contributed by atoms with Crippen LogP contribution in [0.3, 0.4) is 0 Å². The highest BCUT2D eigenvalue weighted by molar-refractivity contribution is 5.76. The van der Waals surface area contributed by atoms with Gasteiger partial charge in [0.25, 0.3) is 0 Å². The van der Waals surface area contributed by atoms with Gasteiger partial charge < -0.3 is 15.5 Å². The summed E-state index contributed by atoms with van der Waals surface area (Å²) in [5, 5.41) is 23.2. The van der Waals surface area contributed by atoms with Gasteiger partial charge in [-0.1, -0.05) is 288 Å². The molecule has 0 aliphatic carbocycles. The second-order valence-electron chi connectivity index (χ2n) is 19.4. The number of unbranched alkanes of at least 4 members (excludes halogenated alkanes) is 41. The average Bonchev–Trinajstić information content (AvgIpc) is 3.28. The molecule has 0 rings (SSSR count). The molecule has 0 saturated heterocycles. The summed E-state index contributed by atoms with van der Waals surface area (Å²) in [4.78, 5) is 12.4. The molecule has 0 fully saturated rings. The van der Waals surface area contributed by atoms with Crippen LogP contribution in [0.5, 0.6) is 0 Å². The SMILES string of the molecule is CCCCC/C=C\C/C=C\CCCCCCCCCCCC(=O)NC(CO)C(O)/C=C/CCCCCCCCCCCCCCCCCCCCCCCCCCCCCCC. The number of carbonyl (C=O) groups excluding carboxylic acids is 1. The second-order valence-corrected chi connectivity index (χ2v) is 19.4. The van der Waals surface area contributed by atoms with Crippen molar-refractivity contribution in [3.8, 4) is 0 Å². The van der Waals surface area contributed by atoms with Crippen LogP contribution in [0.15, 0.2) is 36.5 Å². The molecule has 0 aromatic heterocycles. The number of hydrogen-bond donors (Lipinski definition) is 3. The van der Waals surface area contributed by atoms with Crippen molar-refractivity contribution >= 4 is 5.91 Å².